The quantitative estimate of drug-likeness (QED) is 0.644. The van der Waals surface area contributed by atoms with Crippen LogP contribution in [0.4, 0.5) is 0 Å². The molecular weight excluding hydrogens is 238 g/mol. The lowest BCUT2D eigenvalue weighted by molar-refractivity contribution is 0.957. The molecular formula is C16H15NS. The predicted molar refractivity (Wildman–Crippen MR) is 78.2 cm³/mol. The molecule has 0 amide bonds. The summed E-state index contributed by atoms with van der Waals surface area (Å²) in [5, 5.41) is 1.32. The predicted octanol–water partition coefficient (Wildman–Crippen LogP) is 4.64. The van der Waals surface area contributed by atoms with Gasteiger partial charge in [0.05, 0.1) is 0 Å². The summed E-state index contributed by atoms with van der Waals surface area (Å²) in [7, 11) is 2.10. The summed E-state index contributed by atoms with van der Waals surface area (Å²) >= 11 is 1.83. The van der Waals surface area contributed by atoms with Crippen LogP contribution in [0.15, 0.2) is 64.5 Å². The van der Waals surface area contributed by atoms with E-state index in [2.05, 4.69) is 73.3 Å². The van der Waals surface area contributed by atoms with Crippen molar-refractivity contribution in [2.45, 2.75) is 16.7 Å². The molecule has 0 fully saturated rings. The van der Waals surface area contributed by atoms with E-state index in [1.165, 1.54) is 26.3 Å². The van der Waals surface area contributed by atoms with E-state index in [0.29, 0.717) is 0 Å². The van der Waals surface area contributed by atoms with Gasteiger partial charge in [-0.2, -0.15) is 0 Å². The molecule has 0 saturated heterocycles. The minimum Gasteiger partial charge on any atom is -0.349 e. The van der Waals surface area contributed by atoms with Crippen LogP contribution in [-0.4, -0.2) is 4.57 Å². The highest BCUT2D eigenvalue weighted by Gasteiger charge is 2.06. The van der Waals surface area contributed by atoms with E-state index in [4.69, 9.17) is 0 Å². The summed E-state index contributed by atoms with van der Waals surface area (Å²) in [6, 6.07) is 17.2. The van der Waals surface area contributed by atoms with Crippen LogP contribution in [0.25, 0.3) is 10.9 Å². The summed E-state index contributed by atoms with van der Waals surface area (Å²) in [4.78, 5) is 2.61. The van der Waals surface area contributed by atoms with Crippen molar-refractivity contribution in [3.8, 4) is 0 Å². The van der Waals surface area contributed by atoms with Crippen LogP contribution in [0.5, 0.6) is 0 Å². The van der Waals surface area contributed by atoms with E-state index in [1.54, 1.807) is 0 Å². The third-order valence-corrected chi connectivity index (χ3v) is 4.16. The molecule has 0 unspecified atom stereocenters. The van der Waals surface area contributed by atoms with Crippen molar-refractivity contribution in [1.82, 2.24) is 4.57 Å². The average molecular weight is 253 g/mol. The molecule has 0 bridgehead atoms. The molecule has 2 aromatic carbocycles. The van der Waals surface area contributed by atoms with Crippen molar-refractivity contribution in [1.29, 1.82) is 0 Å². The van der Waals surface area contributed by atoms with Gasteiger partial charge in [-0.1, -0.05) is 47.7 Å². The smallest absolute Gasteiger partial charge is 0.0489 e. The van der Waals surface area contributed by atoms with Crippen LogP contribution in [0, 0.1) is 6.92 Å². The maximum atomic E-state index is 2.20. The maximum absolute atomic E-state index is 2.20. The van der Waals surface area contributed by atoms with Crippen molar-refractivity contribution in [3.63, 3.8) is 0 Å². The van der Waals surface area contributed by atoms with Gasteiger partial charge < -0.3 is 4.57 Å². The van der Waals surface area contributed by atoms with Crippen LogP contribution in [-0.2, 0) is 7.05 Å². The average Bonchev–Trinajstić information content (AvgIpc) is 2.70. The Balaban J connectivity index is 2.02. The zero-order valence-corrected chi connectivity index (χ0v) is 11.4. The van der Waals surface area contributed by atoms with Gasteiger partial charge in [0.1, 0.15) is 0 Å². The minimum atomic E-state index is 1.28. The Kier molecular flexibility index (Phi) is 2.88. The molecule has 1 heterocycles. The molecule has 1 aromatic heterocycles. The van der Waals surface area contributed by atoms with Crippen LogP contribution < -0.4 is 0 Å². The van der Waals surface area contributed by atoms with Gasteiger partial charge in [0, 0.05) is 33.9 Å². The van der Waals surface area contributed by atoms with Gasteiger partial charge >= 0.3 is 0 Å². The van der Waals surface area contributed by atoms with E-state index in [1.807, 2.05) is 11.8 Å². The Labute approximate surface area is 111 Å². The lowest BCUT2D eigenvalue weighted by Gasteiger charge is -2.00. The third kappa shape index (κ3) is 2.04. The van der Waals surface area contributed by atoms with Gasteiger partial charge in [0.2, 0.25) is 0 Å². The Morgan fingerprint density at radius 3 is 2.44 bits per heavy atom. The molecule has 0 aliphatic carbocycles. The standard InChI is InChI=1S/C16H15NS/c1-12-7-9-13(10-8-12)18-16-11-17(2)15-6-4-3-5-14(15)16/h3-11H,1-2H3. The molecule has 18 heavy (non-hydrogen) atoms. The molecule has 0 aliphatic heterocycles. The van der Waals surface area contributed by atoms with Crippen molar-refractivity contribution < 1.29 is 0 Å². The molecule has 0 saturated carbocycles. The van der Waals surface area contributed by atoms with Crippen LogP contribution in [0.2, 0.25) is 0 Å². The number of hydrogen-bond acceptors (Lipinski definition) is 1. The Hall–Kier alpha value is -1.67. The highest BCUT2D eigenvalue weighted by Crippen LogP contribution is 2.34. The van der Waals surface area contributed by atoms with Gasteiger partial charge in [-0.15, -0.1) is 0 Å². The van der Waals surface area contributed by atoms with Crippen molar-refractivity contribution in [3.05, 3.63) is 60.3 Å². The Morgan fingerprint density at radius 2 is 1.67 bits per heavy atom. The van der Waals surface area contributed by atoms with Crippen molar-refractivity contribution in [2.24, 2.45) is 7.05 Å². The second-order valence-corrected chi connectivity index (χ2v) is 5.65. The van der Waals surface area contributed by atoms with Crippen molar-refractivity contribution in [2.75, 3.05) is 0 Å². The molecule has 2 heteroatoms. The summed E-state index contributed by atoms with van der Waals surface area (Å²) in [5.41, 5.74) is 2.59. The Bertz CT molecular complexity index is 680. The van der Waals surface area contributed by atoms with Gasteiger partial charge in [0.15, 0.2) is 0 Å². The van der Waals surface area contributed by atoms with E-state index < -0.39 is 0 Å². The molecule has 0 aliphatic rings. The van der Waals surface area contributed by atoms with Gasteiger partial charge in [-0.3, -0.25) is 0 Å². The minimum absolute atomic E-state index is 1.28. The lowest BCUT2D eigenvalue weighted by atomic mass is 10.2. The normalized spacial score (nSPS) is 11.0. The van der Waals surface area contributed by atoms with E-state index in [0.717, 1.165) is 0 Å². The highest BCUT2D eigenvalue weighted by molar-refractivity contribution is 7.99. The first-order valence-electron chi connectivity index (χ1n) is 6.02. The molecule has 3 aromatic rings. The molecule has 0 radical (unpaired) electrons. The lowest BCUT2D eigenvalue weighted by Crippen LogP contribution is -1.81. The topological polar surface area (TPSA) is 4.93 Å². The van der Waals surface area contributed by atoms with E-state index >= 15 is 0 Å². The largest absolute Gasteiger partial charge is 0.349 e. The highest BCUT2D eigenvalue weighted by atomic mass is 32.2. The molecule has 3 rings (SSSR count). The third-order valence-electron chi connectivity index (χ3n) is 3.11. The fourth-order valence-electron chi connectivity index (χ4n) is 2.12. The van der Waals surface area contributed by atoms with Crippen LogP contribution in [0.3, 0.4) is 0 Å². The summed E-state index contributed by atoms with van der Waals surface area (Å²) in [5.74, 6) is 0. The molecule has 1 nitrogen and oxygen atoms in total. The summed E-state index contributed by atoms with van der Waals surface area (Å²) < 4.78 is 2.19. The number of para-hydroxylation sites is 1. The first-order chi connectivity index (χ1) is 8.74. The molecule has 0 spiro atoms. The van der Waals surface area contributed by atoms with Crippen LogP contribution >= 0.6 is 11.8 Å². The van der Waals surface area contributed by atoms with Gasteiger partial charge in [0.25, 0.3) is 0 Å². The fraction of sp³-hybridized carbons (Fsp3) is 0.125. The zero-order valence-electron chi connectivity index (χ0n) is 10.6. The summed E-state index contributed by atoms with van der Waals surface area (Å²) in [6.07, 6.45) is 2.20. The maximum Gasteiger partial charge on any atom is 0.0489 e. The van der Waals surface area contributed by atoms with E-state index in [9.17, 15) is 0 Å². The van der Waals surface area contributed by atoms with E-state index in [-0.39, 0.29) is 0 Å². The first kappa shape index (κ1) is 11.4. The van der Waals surface area contributed by atoms with Crippen molar-refractivity contribution >= 4 is 22.7 Å². The second-order valence-electron chi connectivity index (χ2n) is 4.54. The van der Waals surface area contributed by atoms with Gasteiger partial charge in [-0.05, 0) is 25.1 Å². The number of aryl methyl sites for hydroxylation is 2. The molecule has 90 valence electrons. The number of benzene rings is 2. The fourth-order valence-corrected chi connectivity index (χ4v) is 3.14. The molecule has 0 atom stereocenters. The number of hydrogen-bond donors (Lipinski definition) is 0. The Morgan fingerprint density at radius 1 is 0.944 bits per heavy atom. The number of rotatable bonds is 2. The monoisotopic (exact) mass is 253 g/mol. The summed E-state index contributed by atoms with van der Waals surface area (Å²) in [6.45, 7) is 2.12. The molecule has 0 N–H and O–H groups in total. The first-order valence-corrected chi connectivity index (χ1v) is 6.84. The number of nitrogens with zero attached hydrogens (tertiary/aromatic N) is 1. The number of fused-ring (bicyclic) bond motifs is 1. The second kappa shape index (κ2) is 4.54. The number of aromatic nitrogens is 1. The zero-order chi connectivity index (χ0) is 12.5. The SMILES string of the molecule is Cc1ccc(Sc2cn(C)c3ccccc23)cc1. The van der Waals surface area contributed by atoms with Crippen LogP contribution in [0.1, 0.15) is 5.56 Å². The van der Waals surface area contributed by atoms with Gasteiger partial charge in [-0.25, -0.2) is 0 Å².